The number of aryl methyl sites for hydroxylation is 2. The van der Waals surface area contributed by atoms with Gasteiger partial charge in [-0.1, -0.05) is 35.9 Å². The minimum Gasteiger partial charge on any atom is -0.352 e. The third-order valence-corrected chi connectivity index (χ3v) is 5.85. The van der Waals surface area contributed by atoms with Crippen LogP contribution in [0.1, 0.15) is 30.7 Å². The number of fused-ring (bicyclic) bond motifs is 1. The highest BCUT2D eigenvalue weighted by Crippen LogP contribution is 2.17. The van der Waals surface area contributed by atoms with Crippen molar-refractivity contribution >= 4 is 28.5 Å². The molecule has 4 rings (SSSR count). The van der Waals surface area contributed by atoms with Gasteiger partial charge in [0.1, 0.15) is 5.82 Å². The lowest BCUT2D eigenvalue weighted by Crippen LogP contribution is -2.47. The van der Waals surface area contributed by atoms with Crippen LogP contribution >= 0.6 is 11.6 Å². The number of aromatic nitrogens is 2. The third kappa shape index (κ3) is 4.98. The summed E-state index contributed by atoms with van der Waals surface area (Å²) in [4.78, 5) is 19.6. The number of amides is 1. The summed E-state index contributed by atoms with van der Waals surface area (Å²) in [5.41, 5.74) is 3.32. The van der Waals surface area contributed by atoms with E-state index in [1.165, 1.54) is 5.56 Å². The molecule has 0 aliphatic carbocycles. The molecule has 0 radical (unpaired) electrons. The van der Waals surface area contributed by atoms with E-state index in [4.69, 9.17) is 11.6 Å². The van der Waals surface area contributed by atoms with Crippen molar-refractivity contribution in [3.05, 3.63) is 64.9 Å². The fourth-order valence-electron chi connectivity index (χ4n) is 4.16. The maximum Gasteiger partial charge on any atom is 0.222 e. The first kappa shape index (κ1) is 19.9. The average Bonchev–Trinajstić information content (AvgIpc) is 3.03. The molecule has 2 aromatic carbocycles. The summed E-state index contributed by atoms with van der Waals surface area (Å²) < 4.78 is 2.13. The lowest BCUT2D eigenvalue weighted by atomic mass is 10.0. The van der Waals surface area contributed by atoms with Crippen molar-refractivity contribution in [1.82, 2.24) is 19.8 Å². The van der Waals surface area contributed by atoms with Crippen LogP contribution in [0, 0.1) is 6.92 Å². The number of imidazole rings is 1. The van der Waals surface area contributed by atoms with Crippen molar-refractivity contribution in [2.75, 3.05) is 13.1 Å². The van der Waals surface area contributed by atoms with Crippen LogP contribution in [0.3, 0.4) is 0 Å². The van der Waals surface area contributed by atoms with Gasteiger partial charge in [0.2, 0.25) is 5.91 Å². The number of para-hydroxylation sites is 2. The molecular formula is C23H27ClN4O. The molecule has 1 amide bonds. The van der Waals surface area contributed by atoms with E-state index in [2.05, 4.69) is 38.0 Å². The fraction of sp³-hybridized carbons (Fsp3) is 0.391. The number of carbonyl (C=O) groups is 1. The Morgan fingerprint density at radius 1 is 1.21 bits per heavy atom. The van der Waals surface area contributed by atoms with Gasteiger partial charge < -0.3 is 9.88 Å². The lowest BCUT2D eigenvalue weighted by molar-refractivity contribution is -0.122. The second-order valence-corrected chi connectivity index (χ2v) is 8.25. The minimum atomic E-state index is 0.112. The van der Waals surface area contributed by atoms with Gasteiger partial charge >= 0.3 is 0 Å². The predicted octanol–water partition coefficient (Wildman–Crippen LogP) is 4.17. The van der Waals surface area contributed by atoms with Gasteiger partial charge in [-0.2, -0.15) is 0 Å². The second-order valence-electron chi connectivity index (χ2n) is 7.82. The molecular weight excluding hydrogens is 384 g/mol. The van der Waals surface area contributed by atoms with Crippen molar-refractivity contribution in [3.8, 4) is 0 Å². The maximum absolute atomic E-state index is 12.6. The summed E-state index contributed by atoms with van der Waals surface area (Å²) in [5, 5.41) is 4.00. The number of benzene rings is 2. The SMILES string of the molecule is Cc1nc2ccccc2n1CCC(=O)N[C@H]1CCCN(Cc2ccc(Cl)cc2)C1. The maximum atomic E-state index is 12.6. The van der Waals surface area contributed by atoms with Crippen LogP contribution in [0.5, 0.6) is 0 Å². The molecule has 29 heavy (non-hydrogen) atoms. The molecule has 1 aromatic heterocycles. The van der Waals surface area contributed by atoms with E-state index in [9.17, 15) is 4.79 Å². The smallest absolute Gasteiger partial charge is 0.222 e. The van der Waals surface area contributed by atoms with Gasteiger partial charge in [0.25, 0.3) is 0 Å². The number of carbonyl (C=O) groups excluding carboxylic acids is 1. The number of nitrogens with zero attached hydrogens (tertiary/aromatic N) is 3. The monoisotopic (exact) mass is 410 g/mol. The minimum absolute atomic E-state index is 0.112. The van der Waals surface area contributed by atoms with Crippen molar-refractivity contribution in [2.45, 2.75) is 45.3 Å². The molecule has 1 saturated heterocycles. The molecule has 1 aliphatic heterocycles. The highest BCUT2D eigenvalue weighted by molar-refractivity contribution is 6.30. The van der Waals surface area contributed by atoms with E-state index >= 15 is 0 Å². The molecule has 1 N–H and O–H groups in total. The number of nitrogens with one attached hydrogen (secondary N) is 1. The summed E-state index contributed by atoms with van der Waals surface area (Å²) in [7, 11) is 0. The quantitative estimate of drug-likeness (QED) is 0.663. The molecule has 5 nitrogen and oxygen atoms in total. The Hall–Kier alpha value is -2.37. The number of rotatable bonds is 6. The van der Waals surface area contributed by atoms with Crippen LogP contribution in [0.4, 0.5) is 0 Å². The molecule has 0 unspecified atom stereocenters. The largest absolute Gasteiger partial charge is 0.352 e. The summed E-state index contributed by atoms with van der Waals surface area (Å²) in [6.45, 7) is 5.49. The molecule has 6 heteroatoms. The van der Waals surface area contributed by atoms with E-state index in [-0.39, 0.29) is 11.9 Å². The first-order valence-corrected chi connectivity index (χ1v) is 10.6. The molecule has 0 spiro atoms. The predicted molar refractivity (Wildman–Crippen MR) is 117 cm³/mol. The van der Waals surface area contributed by atoms with E-state index in [1.54, 1.807) is 0 Å². The first-order valence-electron chi connectivity index (χ1n) is 10.3. The standard InChI is InChI=1S/C23H27ClN4O/c1-17-25-21-6-2-3-7-22(21)28(17)14-12-23(29)26-20-5-4-13-27(16-20)15-18-8-10-19(24)11-9-18/h2-3,6-11,20H,4-5,12-16H2,1H3,(H,26,29)/t20-/m0/s1. The Labute approximate surface area is 176 Å². The fourth-order valence-corrected chi connectivity index (χ4v) is 4.28. The Bertz CT molecular complexity index is 982. The van der Waals surface area contributed by atoms with Crippen LogP contribution in [-0.2, 0) is 17.9 Å². The van der Waals surface area contributed by atoms with Crippen molar-refractivity contribution in [1.29, 1.82) is 0 Å². The van der Waals surface area contributed by atoms with Crippen LogP contribution < -0.4 is 5.32 Å². The normalized spacial score (nSPS) is 17.5. The lowest BCUT2D eigenvalue weighted by Gasteiger charge is -2.33. The van der Waals surface area contributed by atoms with E-state index in [0.717, 1.165) is 54.4 Å². The van der Waals surface area contributed by atoms with Crippen LogP contribution in [0.15, 0.2) is 48.5 Å². The first-order chi connectivity index (χ1) is 14.1. The number of likely N-dealkylation sites (tertiary alicyclic amines) is 1. The third-order valence-electron chi connectivity index (χ3n) is 5.60. The van der Waals surface area contributed by atoms with Crippen LogP contribution in [-0.4, -0.2) is 39.5 Å². The van der Waals surface area contributed by atoms with Gasteiger partial charge in [-0.15, -0.1) is 0 Å². The highest BCUT2D eigenvalue weighted by Gasteiger charge is 2.21. The zero-order valence-corrected chi connectivity index (χ0v) is 17.5. The van der Waals surface area contributed by atoms with Crippen molar-refractivity contribution in [3.63, 3.8) is 0 Å². The Kier molecular flexibility index (Phi) is 6.16. The van der Waals surface area contributed by atoms with Gasteiger partial charge in [0.15, 0.2) is 0 Å². The van der Waals surface area contributed by atoms with E-state index in [1.807, 2.05) is 37.3 Å². The average molecular weight is 411 g/mol. The van der Waals surface area contributed by atoms with E-state index in [0.29, 0.717) is 13.0 Å². The summed E-state index contributed by atoms with van der Waals surface area (Å²) in [6, 6.07) is 16.3. The molecule has 0 bridgehead atoms. The Morgan fingerprint density at radius 3 is 2.83 bits per heavy atom. The van der Waals surface area contributed by atoms with Crippen LogP contribution in [0.2, 0.25) is 5.02 Å². The number of halogens is 1. The molecule has 3 aromatic rings. The summed E-state index contributed by atoms with van der Waals surface area (Å²) in [6.07, 6.45) is 2.61. The molecule has 1 aliphatic rings. The Balaban J connectivity index is 1.30. The molecule has 1 fully saturated rings. The second kappa shape index (κ2) is 8.97. The topological polar surface area (TPSA) is 50.2 Å². The number of hydrogen-bond donors (Lipinski definition) is 1. The van der Waals surface area contributed by atoms with E-state index < -0.39 is 0 Å². The van der Waals surface area contributed by atoms with Crippen LogP contribution in [0.25, 0.3) is 11.0 Å². The number of piperidine rings is 1. The molecule has 152 valence electrons. The van der Waals surface area contributed by atoms with Gasteiger partial charge in [0, 0.05) is 37.1 Å². The molecule has 1 atom stereocenters. The molecule has 2 heterocycles. The highest BCUT2D eigenvalue weighted by atomic mass is 35.5. The summed E-state index contributed by atoms with van der Waals surface area (Å²) in [5.74, 6) is 1.06. The van der Waals surface area contributed by atoms with Gasteiger partial charge in [-0.25, -0.2) is 4.98 Å². The molecule has 0 saturated carbocycles. The number of hydrogen-bond acceptors (Lipinski definition) is 3. The van der Waals surface area contributed by atoms with Gasteiger partial charge in [-0.3, -0.25) is 9.69 Å². The summed E-state index contributed by atoms with van der Waals surface area (Å²) >= 11 is 5.98. The zero-order chi connectivity index (χ0) is 20.2. The van der Waals surface area contributed by atoms with Crippen molar-refractivity contribution in [2.24, 2.45) is 0 Å². The zero-order valence-electron chi connectivity index (χ0n) is 16.8. The van der Waals surface area contributed by atoms with Gasteiger partial charge in [-0.05, 0) is 56.1 Å². The Morgan fingerprint density at radius 2 is 2.00 bits per heavy atom. The van der Waals surface area contributed by atoms with Crippen molar-refractivity contribution < 1.29 is 4.79 Å². The van der Waals surface area contributed by atoms with Gasteiger partial charge in [0.05, 0.1) is 11.0 Å².